The summed E-state index contributed by atoms with van der Waals surface area (Å²) in [5.74, 6) is -1.50. The van der Waals surface area contributed by atoms with Gasteiger partial charge < -0.3 is 10.0 Å². The Kier molecular flexibility index (Phi) is 5.53. The molecule has 0 spiro atoms. The van der Waals surface area contributed by atoms with Crippen molar-refractivity contribution >= 4 is 17.7 Å². The number of carboxylic acid groups (broad SMARTS) is 1. The first kappa shape index (κ1) is 17.2. The molecular formula is C18H23NO4. The summed E-state index contributed by atoms with van der Waals surface area (Å²) in [4.78, 5) is 37.2. The molecule has 0 aliphatic carbocycles. The fourth-order valence-corrected chi connectivity index (χ4v) is 2.95. The van der Waals surface area contributed by atoms with Gasteiger partial charge in [-0.3, -0.25) is 14.4 Å². The van der Waals surface area contributed by atoms with Gasteiger partial charge >= 0.3 is 5.97 Å². The molecule has 1 amide bonds. The minimum absolute atomic E-state index is 0.0358. The van der Waals surface area contributed by atoms with E-state index in [4.69, 9.17) is 5.11 Å². The van der Waals surface area contributed by atoms with Crippen LogP contribution in [0.3, 0.4) is 0 Å². The standard InChI is InChI=1S/C18H23NO4/c1-12-5-6-13(2)15(10-12)16(20)7-8-17(21)19-9-3-4-14(11-19)18(22)23/h5-6,10,14H,3-4,7-9,11H2,1-2H3,(H,22,23)/t14-/m0/s1. The molecule has 1 aromatic carbocycles. The fourth-order valence-electron chi connectivity index (χ4n) is 2.95. The molecule has 0 bridgehead atoms. The number of piperidine rings is 1. The molecule has 0 saturated carbocycles. The second kappa shape index (κ2) is 7.40. The van der Waals surface area contributed by atoms with E-state index in [2.05, 4.69) is 0 Å². The lowest BCUT2D eigenvalue weighted by Crippen LogP contribution is -2.42. The topological polar surface area (TPSA) is 74.7 Å². The van der Waals surface area contributed by atoms with Crippen LogP contribution >= 0.6 is 0 Å². The maximum absolute atomic E-state index is 12.3. The van der Waals surface area contributed by atoms with Gasteiger partial charge in [-0.25, -0.2) is 0 Å². The van der Waals surface area contributed by atoms with E-state index in [0.717, 1.165) is 11.1 Å². The first-order valence-corrected chi connectivity index (χ1v) is 7.99. The van der Waals surface area contributed by atoms with Gasteiger partial charge in [0.25, 0.3) is 0 Å². The number of carbonyl (C=O) groups is 3. The zero-order valence-electron chi connectivity index (χ0n) is 13.7. The number of hydrogen-bond donors (Lipinski definition) is 1. The van der Waals surface area contributed by atoms with Crippen molar-refractivity contribution in [3.8, 4) is 0 Å². The summed E-state index contributed by atoms with van der Waals surface area (Å²) in [7, 11) is 0. The van der Waals surface area contributed by atoms with Crippen LogP contribution < -0.4 is 0 Å². The normalized spacial score (nSPS) is 17.8. The predicted molar refractivity (Wildman–Crippen MR) is 86.4 cm³/mol. The lowest BCUT2D eigenvalue weighted by atomic mass is 9.97. The van der Waals surface area contributed by atoms with Crippen LogP contribution in [0.2, 0.25) is 0 Å². The SMILES string of the molecule is Cc1ccc(C)c(C(=O)CCC(=O)N2CCC[C@H](C(=O)O)C2)c1. The number of carboxylic acids is 1. The van der Waals surface area contributed by atoms with Gasteiger partial charge in [-0.2, -0.15) is 0 Å². The van der Waals surface area contributed by atoms with Gasteiger partial charge in [-0.05, 0) is 38.3 Å². The van der Waals surface area contributed by atoms with Crippen LogP contribution in [0.1, 0.15) is 47.2 Å². The zero-order valence-corrected chi connectivity index (χ0v) is 13.7. The number of carbonyl (C=O) groups excluding carboxylic acids is 2. The molecule has 1 heterocycles. The molecule has 0 unspecified atom stereocenters. The number of Topliss-reactive ketones (excluding diaryl/α,β-unsaturated/α-hetero) is 1. The summed E-state index contributed by atoms with van der Waals surface area (Å²) in [6, 6.07) is 5.72. The third-order valence-corrected chi connectivity index (χ3v) is 4.38. The van der Waals surface area contributed by atoms with Gasteiger partial charge in [0.1, 0.15) is 0 Å². The van der Waals surface area contributed by atoms with E-state index in [9.17, 15) is 14.4 Å². The first-order valence-electron chi connectivity index (χ1n) is 7.99. The molecular weight excluding hydrogens is 294 g/mol. The molecule has 2 rings (SSSR count). The van der Waals surface area contributed by atoms with Crippen molar-refractivity contribution in [2.75, 3.05) is 13.1 Å². The maximum Gasteiger partial charge on any atom is 0.308 e. The van der Waals surface area contributed by atoms with Gasteiger partial charge in [0, 0.05) is 31.5 Å². The monoisotopic (exact) mass is 317 g/mol. The summed E-state index contributed by atoms with van der Waals surface area (Å²) < 4.78 is 0. The number of benzene rings is 1. The number of rotatable bonds is 5. The van der Waals surface area contributed by atoms with Gasteiger partial charge in [0.15, 0.2) is 5.78 Å². The number of nitrogens with zero attached hydrogens (tertiary/aromatic N) is 1. The number of hydrogen-bond acceptors (Lipinski definition) is 3. The predicted octanol–water partition coefficient (Wildman–Crippen LogP) is 2.59. The van der Waals surface area contributed by atoms with Crippen molar-refractivity contribution in [3.05, 3.63) is 34.9 Å². The highest BCUT2D eigenvalue weighted by molar-refractivity contribution is 5.99. The van der Waals surface area contributed by atoms with Crippen molar-refractivity contribution in [1.29, 1.82) is 0 Å². The van der Waals surface area contributed by atoms with Crippen LogP contribution in [-0.4, -0.2) is 40.8 Å². The Bertz CT molecular complexity index is 623. The van der Waals surface area contributed by atoms with Crippen molar-refractivity contribution < 1.29 is 19.5 Å². The highest BCUT2D eigenvalue weighted by Gasteiger charge is 2.28. The summed E-state index contributed by atoms with van der Waals surface area (Å²) in [5.41, 5.74) is 2.60. The molecule has 1 aliphatic heterocycles. The molecule has 124 valence electrons. The van der Waals surface area contributed by atoms with Crippen molar-refractivity contribution in [2.45, 2.75) is 39.5 Å². The van der Waals surface area contributed by atoms with Crippen molar-refractivity contribution in [2.24, 2.45) is 5.92 Å². The summed E-state index contributed by atoms with van der Waals surface area (Å²) >= 11 is 0. The number of aryl methyl sites for hydroxylation is 2. The highest BCUT2D eigenvalue weighted by atomic mass is 16.4. The molecule has 1 aliphatic rings. The third-order valence-electron chi connectivity index (χ3n) is 4.38. The molecule has 1 atom stereocenters. The minimum atomic E-state index is -0.853. The summed E-state index contributed by atoms with van der Waals surface area (Å²) in [6.45, 7) is 4.66. The Balaban J connectivity index is 1.92. The molecule has 1 saturated heterocycles. The Labute approximate surface area is 136 Å². The fraction of sp³-hybridized carbons (Fsp3) is 0.500. The van der Waals surface area contributed by atoms with Gasteiger partial charge in [-0.15, -0.1) is 0 Å². The Morgan fingerprint density at radius 2 is 1.96 bits per heavy atom. The van der Waals surface area contributed by atoms with Crippen molar-refractivity contribution in [1.82, 2.24) is 4.90 Å². The second-order valence-corrected chi connectivity index (χ2v) is 6.26. The van der Waals surface area contributed by atoms with Crippen LogP contribution in [0.25, 0.3) is 0 Å². The van der Waals surface area contributed by atoms with Crippen molar-refractivity contribution in [3.63, 3.8) is 0 Å². The number of amides is 1. The van der Waals surface area contributed by atoms with E-state index in [0.29, 0.717) is 24.9 Å². The van der Waals surface area contributed by atoms with Crippen LogP contribution in [0.4, 0.5) is 0 Å². The van der Waals surface area contributed by atoms with E-state index in [-0.39, 0.29) is 31.1 Å². The van der Waals surface area contributed by atoms with E-state index in [1.807, 2.05) is 32.0 Å². The van der Waals surface area contributed by atoms with Gasteiger partial charge in [0.05, 0.1) is 5.92 Å². The van der Waals surface area contributed by atoms with E-state index >= 15 is 0 Å². The van der Waals surface area contributed by atoms with Crippen LogP contribution in [0.15, 0.2) is 18.2 Å². The Morgan fingerprint density at radius 1 is 1.22 bits per heavy atom. The zero-order chi connectivity index (χ0) is 17.0. The Morgan fingerprint density at radius 3 is 2.65 bits per heavy atom. The average molecular weight is 317 g/mol. The highest BCUT2D eigenvalue weighted by Crippen LogP contribution is 2.19. The second-order valence-electron chi connectivity index (χ2n) is 6.26. The molecule has 1 N–H and O–H groups in total. The minimum Gasteiger partial charge on any atom is -0.481 e. The third kappa shape index (κ3) is 4.41. The lowest BCUT2D eigenvalue weighted by molar-refractivity contribution is -0.145. The number of likely N-dealkylation sites (tertiary alicyclic amines) is 1. The number of aliphatic carboxylic acids is 1. The summed E-state index contributed by atoms with van der Waals surface area (Å²) in [6.07, 6.45) is 1.62. The molecule has 0 aromatic heterocycles. The smallest absolute Gasteiger partial charge is 0.308 e. The largest absolute Gasteiger partial charge is 0.481 e. The van der Waals surface area contributed by atoms with E-state index in [1.54, 1.807) is 4.90 Å². The molecule has 5 heteroatoms. The molecule has 23 heavy (non-hydrogen) atoms. The van der Waals surface area contributed by atoms with E-state index in [1.165, 1.54) is 0 Å². The van der Waals surface area contributed by atoms with E-state index < -0.39 is 11.9 Å². The number of ketones is 1. The Hall–Kier alpha value is -2.17. The summed E-state index contributed by atoms with van der Waals surface area (Å²) in [5, 5.41) is 9.07. The molecule has 5 nitrogen and oxygen atoms in total. The quantitative estimate of drug-likeness (QED) is 0.847. The first-order chi connectivity index (χ1) is 10.9. The van der Waals surface area contributed by atoms with Crippen LogP contribution in [0.5, 0.6) is 0 Å². The maximum atomic E-state index is 12.3. The molecule has 1 aromatic rings. The van der Waals surface area contributed by atoms with Gasteiger partial charge in [0.2, 0.25) is 5.91 Å². The lowest BCUT2D eigenvalue weighted by Gasteiger charge is -2.30. The van der Waals surface area contributed by atoms with Crippen LogP contribution in [0, 0.1) is 19.8 Å². The molecule has 0 radical (unpaired) electrons. The van der Waals surface area contributed by atoms with Gasteiger partial charge in [-0.1, -0.05) is 17.7 Å². The average Bonchev–Trinajstić information content (AvgIpc) is 2.54. The van der Waals surface area contributed by atoms with Crippen LogP contribution in [-0.2, 0) is 9.59 Å². The molecule has 1 fully saturated rings.